The van der Waals surface area contributed by atoms with Gasteiger partial charge in [-0.2, -0.15) is 0 Å². The molecule has 1 N–H and O–H groups in total. The Balaban J connectivity index is 1.93. The van der Waals surface area contributed by atoms with Gasteiger partial charge < -0.3 is 14.8 Å². The molecule has 1 fully saturated rings. The minimum atomic E-state index is -0.197. The van der Waals surface area contributed by atoms with E-state index < -0.39 is 0 Å². The Hall–Kier alpha value is -1.13. The first-order valence-corrected chi connectivity index (χ1v) is 7.93. The predicted octanol–water partition coefficient (Wildman–Crippen LogP) is 3.83. The molecule has 2 atom stereocenters. The van der Waals surface area contributed by atoms with Crippen LogP contribution in [0.4, 0.5) is 4.39 Å². The smallest absolute Gasteiger partial charge is 0.131 e. The number of halogens is 1. The summed E-state index contributed by atoms with van der Waals surface area (Å²) in [6, 6.07) is 5.16. The summed E-state index contributed by atoms with van der Waals surface area (Å²) in [7, 11) is 1.55. The van der Waals surface area contributed by atoms with Gasteiger partial charge in [0.15, 0.2) is 0 Å². The van der Waals surface area contributed by atoms with E-state index in [-0.39, 0.29) is 11.9 Å². The summed E-state index contributed by atoms with van der Waals surface area (Å²) in [6.07, 6.45) is 5.80. The van der Waals surface area contributed by atoms with E-state index in [0.29, 0.717) is 11.9 Å². The molecule has 0 bridgehead atoms. The molecule has 0 amide bonds. The molecule has 0 spiro atoms. The normalized spacial score (nSPS) is 19.7. The van der Waals surface area contributed by atoms with E-state index in [1.807, 2.05) is 12.1 Å². The summed E-state index contributed by atoms with van der Waals surface area (Å²) in [5, 5.41) is 3.38. The Morgan fingerprint density at radius 2 is 2.33 bits per heavy atom. The number of hydrogen-bond donors (Lipinski definition) is 1. The molecule has 0 aliphatic carbocycles. The van der Waals surface area contributed by atoms with Gasteiger partial charge in [0.05, 0.1) is 13.2 Å². The average molecular weight is 295 g/mol. The summed E-state index contributed by atoms with van der Waals surface area (Å²) >= 11 is 0. The van der Waals surface area contributed by atoms with E-state index in [0.717, 1.165) is 38.0 Å². The monoisotopic (exact) mass is 295 g/mol. The van der Waals surface area contributed by atoms with E-state index in [1.54, 1.807) is 7.11 Å². The topological polar surface area (TPSA) is 30.5 Å². The third-order valence-electron chi connectivity index (χ3n) is 4.08. The van der Waals surface area contributed by atoms with Crippen LogP contribution in [0.1, 0.15) is 50.6 Å². The van der Waals surface area contributed by atoms with Crippen molar-refractivity contribution in [2.45, 2.75) is 51.2 Å². The van der Waals surface area contributed by atoms with Gasteiger partial charge in [-0.15, -0.1) is 0 Å². The van der Waals surface area contributed by atoms with Crippen LogP contribution in [0.15, 0.2) is 18.2 Å². The standard InChI is InChI=1S/C17H26FNO2/c1-3-19-17(8-4-6-13-7-5-11-21-13)15-10-9-14(20-2)12-16(15)18/h9-10,12-13,17,19H,3-8,11H2,1-2H3. The molecule has 3 nitrogen and oxygen atoms in total. The predicted molar refractivity (Wildman–Crippen MR) is 82.2 cm³/mol. The Morgan fingerprint density at radius 1 is 1.48 bits per heavy atom. The highest BCUT2D eigenvalue weighted by molar-refractivity contribution is 5.30. The first kappa shape index (κ1) is 16.2. The van der Waals surface area contributed by atoms with Crippen molar-refractivity contribution in [3.05, 3.63) is 29.6 Å². The van der Waals surface area contributed by atoms with Gasteiger partial charge in [-0.25, -0.2) is 4.39 Å². The number of nitrogens with one attached hydrogen (secondary N) is 1. The van der Waals surface area contributed by atoms with Crippen LogP contribution < -0.4 is 10.1 Å². The molecule has 118 valence electrons. The number of ether oxygens (including phenoxy) is 2. The zero-order chi connectivity index (χ0) is 15.1. The van der Waals surface area contributed by atoms with Gasteiger partial charge in [0.1, 0.15) is 11.6 Å². The second-order valence-electron chi connectivity index (χ2n) is 5.56. The largest absolute Gasteiger partial charge is 0.497 e. The quantitative estimate of drug-likeness (QED) is 0.790. The molecule has 0 radical (unpaired) electrons. The van der Waals surface area contributed by atoms with E-state index >= 15 is 0 Å². The van der Waals surface area contributed by atoms with Crippen molar-refractivity contribution in [2.75, 3.05) is 20.3 Å². The van der Waals surface area contributed by atoms with Crippen LogP contribution in [0.25, 0.3) is 0 Å². The number of benzene rings is 1. The summed E-state index contributed by atoms with van der Waals surface area (Å²) in [5.74, 6) is 0.364. The maximum absolute atomic E-state index is 14.2. The molecule has 1 aliphatic heterocycles. The van der Waals surface area contributed by atoms with Gasteiger partial charge >= 0.3 is 0 Å². The van der Waals surface area contributed by atoms with Crippen LogP contribution in [-0.4, -0.2) is 26.4 Å². The third kappa shape index (κ3) is 4.68. The Kier molecular flexibility index (Phi) is 6.46. The Bertz CT molecular complexity index is 433. The zero-order valence-corrected chi connectivity index (χ0v) is 13.0. The molecule has 0 saturated carbocycles. The number of methoxy groups -OCH3 is 1. The first-order valence-electron chi connectivity index (χ1n) is 7.93. The van der Waals surface area contributed by atoms with Gasteiger partial charge in [-0.3, -0.25) is 0 Å². The summed E-state index contributed by atoms with van der Waals surface area (Å²) in [6.45, 7) is 3.78. The zero-order valence-electron chi connectivity index (χ0n) is 13.0. The molecule has 1 aliphatic rings. The summed E-state index contributed by atoms with van der Waals surface area (Å²) in [4.78, 5) is 0. The van der Waals surface area contributed by atoms with Gasteiger partial charge in [0.2, 0.25) is 0 Å². The van der Waals surface area contributed by atoms with Crippen molar-refractivity contribution in [1.82, 2.24) is 5.32 Å². The molecule has 1 heterocycles. The van der Waals surface area contributed by atoms with Crippen molar-refractivity contribution in [1.29, 1.82) is 0 Å². The van der Waals surface area contributed by atoms with Crippen molar-refractivity contribution in [3.63, 3.8) is 0 Å². The van der Waals surface area contributed by atoms with Crippen LogP contribution in [0, 0.1) is 5.82 Å². The fourth-order valence-corrected chi connectivity index (χ4v) is 2.95. The lowest BCUT2D eigenvalue weighted by atomic mass is 9.98. The maximum atomic E-state index is 14.2. The fourth-order valence-electron chi connectivity index (χ4n) is 2.95. The van der Waals surface area contributed by atoms with E-state index in [2.05, 4.69) is 12.2 Å². The summed E-state index contributed by atoms with van der Waals surface area (Å²) in [5.41, 5.74) is 0.727. The molecule has 0 aromatic heterocycles. The lowest BCUT2D eigenvalue weighted by molar-refractivity contribution is 0.101. The SMILES string of the molecule is CCNC(CCCC1CCCO1)c1ccc(OC)cc1F. The lowest BCUT2D eigenvalue weighted by Gasteiger charge is -2.20. The second-order valence-corrected chi connectivity index (χ2v) is 5.56. The molecular formula is C17H26FNO2. The molecule has 21 heavy (non-hydrogen) atoms. The minimum Gasteiger partial charge on any atom is -0.497 e. The molecule has 4 heteroatoms. The van der Waals surface area contributed by atoms with Gasteiger partial charge in [-0.1, -0.05) is 13.0 Å². The molecule has 1 aromatic carbocycles. The summed E-state index contributed by atoms with van der Waals surface area (Å²) < 4.78 is 24.9. The van der Waals surface area contributed by atoms with Crippen LogP contribution in [0.5, 0.6) is 5.75 Å². The van der Waals surface area contributed by atoms with Crippen molar-refractivity contribution in [3.8, 4) is 5.75 Å². The molecule has 2 unspecified atom stereocenters. The van der Waals surface area contributed by atoms with Crippen LogP contribution in [0.3, 0.4) is 0 Å². The van der Waals surface area contributed by atoms with E-state index in [9.17, 15) is 4.39 Å². The van der Waals surface area contributed by atoms with Crippen LogP contribution in [-0.2, 0) is 4.74 Å². The van der Waals surface area contributed by atoms with Crippen molar-refractivity contribution < 1.29 is 13.9 Å². The maximum Gasteiger partial charge on any atom is 0.131 e. The lowest BCUT2D eigenvalue weighted by Crippen LogP contribution is -2.22. The van der Waals surface area contributed by atoms with Gasteiger partial charge in [-0.05, 0) is 44.7 Å². The van der Waals surface area contributed by atoms with Gasteiger partial charge in [0, 0.05) is 24.3 Å². The second kappa shape index (κ2) is 8.35. The minimum absolute atomic E-state index is 0.0577. The average Bonchev–Trinajstić information content (AvgIpc) is 2.99. The van der Waals surface area contributed by atoms with E-state index in [4.69, 9.17) is 9.47 Å². The molecule has 1 aromatic rings. The highest BCUT2D eigenvalue weighted by Crippen LogP contribution is 2.27. The van der Waals surface area contributed by atoms with Crippen LogP contribution in [0.2, 0.25) is 0 Å². The molecule has 1 saturated heterocycles. The Morgan fingerprint density at radius 3 is 2.95 bits per heavy atom. The van der Waals surface area contributed by atoms with Crippen LogP contribution >= 0.6 is 0 Å². The fraction of sp³-hybridized carbons (Fsp3) is 0.647. The highest BCUT2D eigenvalue weighted by Gasteiger charge is 2.18. The van der Waals surface area contributed by atoms with Crippen molar-refractivity contribution >= 4 is 0 Å². The van der Waals surface area contributed by atoms with Gasteiger partial charge in [0.25, 0.3) is 0 Å². The molecular weight excluding hydrogens is 269 g/mol. The van der Waals surface area contributed by atoms with Crippen molar-refractivity contribution in [2.24, 2.45) is 0 Å². The Labute approximate surface area is 126 Å². The third-order valence-corrected chi connectivity index (χ3v) is 4.08. The highest BCUT2D eigenvalue weighted by atomic mass is 19.1. The number of hydrogen-bond acceptors (Lipinski definition) is 3. The first-order chi connectivity index (χ1) is 10.2. The number of rotatable bonds is 8. The van der Waals surface area contributed by atoms with E-state index in [1.165, 1.54) is 18.9 Å². The molecule has 2 rings (SSSR count).